The third-order valence-electron chi connectivity index (χ3n) is 8.35. The summed E-state index contributed by atoms with van der Waals surface area (Å²) in [7, 11) is 0. The van der Waals surface area contributed by atoms with Gasteiger partial charge in [-0.1, -0.05) is 13.8 Å². The summed E-state index contributed by atoms with van der Waals surface area (Å²) in [5.41, 5.74) is -0.375. The van der Waals surface area contributed by atoms with Gasteiger partial charge in [-0.25, -0.2) is 0 Å². The van der Waals surface area contributed by atoms with E-state index in [9.17, 15) is 14.4 Å². The lowest BCUT2D eigenvalue weighted by molar-refractivity contribution is -0.168. The lowest BCUT2D eigenvalue weighted by Gasteiger charge is -2.59. The average Bonchev–Trinajstić information content (AvgIpc) is 2.82. The molecule has 0 saturated heterocycles. The molecule has 0 spiro atoms. The van der Waals surface area contributed by atoms with Gasteiger partial charge in [-0.2, -0.15) is 0 Å². The van der Waals surface area contributed by atoms with Gasteiger partial charge in [0.15, 0.2) is 0 Å². The Bertz CT molecular complexity index is 625. The van der Waals surface area contributed by atoms with Crippen molar-refractivity contribution >= 4 is 17.5 Å². The Morgan fingerprint density at radius 2 is 1.88 bits per heavy atom. The second kappa shape index (κ2) is 5.65. The number of ether oxygens (including phenoxy) is 1. The van der Waals surface area contributed by atoms with E-state index in [0.29, 0.717) is 42.2 Å². The van der Waals surface area contributed by atoms with E-state index in [1.165, 1.54) is 6.92 Å². The Morgan fingerprint density at radius 1 is 1.12 bits per heavy atom. The molecule has 4 nitrogen and oxygen atoms in total. The van der Waals surface area contributed by atoms with Gasteiger partial charge in [0.1, 0.15) is 17.7 Å². The van der Waals surface area contributed by atoms with E-state index < -0.39 is 5.41 Å². The van der Waals surface area contributed by atoms with Crippen LogP contribution in [0.3, 0.4) is 0 Å². The Balaban J connectivity index is 1.60. The Morgan fingerprint density at radius 3 is 2.60 bits per heavy atom. The molecule has 4 aliphatic carbocycles. The summed E-state index contributed by atoms with van der Waals surface area (Å²) in [6, 6.07) is 0. The first-order valence-corrected chi connectivity index (χ1v) is 9.99. The number of fused-ring (bicyclic) bond motifs is 5. The molecule has 25 heavy (non-hydrogen) atoms. The molecule has 0 heterocycles. The Hall–Kier alpha value is -1.19. The number of Topliss-reactive ketones (excluding diaryl/α,β-unsaturated/α-hetero) is 2. The van der Waals surface area contributed by atoms with Crippen LogP contribution in [0, 0.1) is 34.5 Å². The van der Waals surface area contributed by atoms with Gasteiger partial charge in [0.05, 0.1) is 0 Å². The highest BCUT2D eigenvalue weighted by Crippen LogP contribution is 2.64. The summed E-state index contributed by atoms with van der Waals surface area (Å²) in [5, 5.41) is 0. The second-order valence-corrected chi connectivity index (χ2v) is 9.56. The number of ketones is 2. The zero-order chi connectivity index (χ0) is 18.0. The number of carbonyl (C=O) groups excluding carboxylic acids is 3. The molecular formula is C21H30O4. The summed E-state index contributed by atoms with van der Waals surface area (Å²) in [5.74, 6) is 1.78. The van der Waals surface area contributed by atoms with E-state index in [1.54, 1.807) is 0 Å². The summed E-state index contributed by atoms with van der Waals surface area (Å²) < 4.78 is 5.48. The molecule has 4 rings (SSSR count). The van der Waals surface area contributed by atoms with Gasteiger partial charge in [-0.05, 0) is 61.7 Å². The first kappa shape index (κ1) is 17.2. The minimum absolute atomic E-state index is 0.0175. The second-order valence-electron chi connectivity index (χ2n) is 9.56. The molecule has 0 N–H and O–H groups in total. The van der Waals surface area contributed by atoms with Gasteiger partial charge >= 0.3 is 5.97 Å². The summed E-state index contributed by atoms with van der Waals surface area (Å²) in [6.45, 7) is 5.83. The average molecular weight is 346 g/mol. The standard InChI is InChI=1S/C21H30O4/c1-12(22)25-14-8-9-20(2)13(10-14)4-5-15-16-6-7-18(24)21(16,3)11-17(23)19(15)20/h13-16,19H,4-11H2,1-3H3. The zero-order valence-corrected chi connectivity index (χ0v) is 15.7. The summed E-state index contributed by atoms with van der Waals surface area (Å²) in [4.78, 5) is 37.0. The highest BCUT2D eigenvalue weighted by molar-refractivity contribution is 5.95. The quantitative estimate of drug-likeness (QED) is 0.679. The first-order chi connectivity index (χ1) is 11.8. The molecule has 0 aliphatic heterocycles. The molecule has 138 valence electrons. The van der Waals surface area contributed by atoms with E-state index in [-0.39, 0.29) is 23.4 Å². The van der Waals surface area contributed by atoms with Crippen molar-refractivity contribution in [2.45, 2.75) is 78.2 Å². The van der Waals surface area contributed by atoms with Crippen LogP contribution >= 0.6 is 0 Å². The van der Waals surface area contributed by atoms with Crippen molar-refractivity contribution in [3.63, 3.8) is 0 Å². The minimum Gasteiger partial charge on any atom is -0.463 e. The lowest BCUT2D eigenvalue weighted by Crippen LogP contribution is -2.57. The molecule has 4 aliphatic rings. The molecule has 0 aromatic heterocycles. The van der Waals surface area contributed by atoms with Crippen LogP contribution < -0.4 is 0 Å². The molecule has 0 bridgehead atoms. The fraction of sp³-hybridized carbons (Fsp3) is 0.857. The number of esters is 1. The topological polar surface area (TPSA) is 60.4 Å². The molecule has 0 amide bonds. The van der Waals surface area contributed by atoms with Gasteiger partial charge < -0.3 is 4.74 Å². The van der Waals surface area contributed by atoms with Gasteiger partial charge in [0.25, 0.3) is 0 Å². The Kier molecular flexibility index (Phi) is 3.90. The van der Waals surface area contributed by atoms with E-state index in [2.05, 4.69) is 6.92 Å². The molecule has 7 atom stereocenters. The van der Waals surface area contributed by atoms with Crippen molar-refractivity contribution in [1.29, 1.82) is 0 Å². The van der Waals surface area contributed by atoms with Crippen molar-refractivity contribution in [2.24, 2.45) is 34.5 Å². The summed E-state index contributed by atoms with van der Waals surface area (Å²) >= 11 is 0. The third-order valence-corrected chi connectivity index (χ3v) is 8.35. The smallest absolute Gasteiger partial charge is 0.302 e. The molecule has 0 aromatic carbocycles. The molecule has 4 fully saturated rings. The van der Waals surface area contributed by atoms with Crippen molar-refractivity contribution in [1.82, 2.24) is 0 Å². The number of carbonyl (C=O) groups is 3. The lowest BCUT2D eigenvalue weighted by atomic mass is 9.45. The highest BCUT2D eigenvalue weighted by atomic mass is 16.5. The zero-order valence-electron chi connectivity index (χ0n) is 15.7. The van der Waals surface area contributed by atoms with Crippen molar-refractivity contribution in [3.05, 3.63) is 0 Å². The van der Waals surface area contributed by atoms with Crippen LogP contribution in [0.2, 0.25) is 0 Å². The maximum Gasteiger partial charge on any atom is 0.302 e. The van der Waals surface area contributed by atoms with Gasteiger partial charge in [-0.15, -0.1) is 0 Å². The molecule has 4 saturated carbocycles. The fourth-order valence-electron chi connectivity index (χ4n) is 7.15. The van der Waals surface area contributed by atoms with Crippen molar-refractivity contribution in [2.75, 3.05) is 0 Å². The molecule has 0 aromatic rings. The highest BCUT2D eigenvalue weighted by Gasteiger charge is 2.63. The van der Waals surface area contributed by atoms with Crippen LogP contribution in [0.4, 0.5) is 0 Å². The van der Waals surface area contributed by atoms with Crippen LogP contribution in [0.25, 0.3) is 0 Å². The number of hydrogen-bond acceptors (Lipinski definition) is 4. The predicted octanol–water partition coefficient (Wildman–Crippen LogP) is 3.71. The fourth-order valence-corrected chi connectivity index (χ4v) is 7.15. The molecule has 7 unspecified atom stereocenters. The SMILES string of the molecule is CC(=O)OC1CCC2(C)C(CCC3C4CCC(=O)C4(C)CC(=O)C32)C1. The van der Waals surface area contributed by atoms with E-state index in [1.807, 2.05) is 6.92 Å². The molecular weight excluding hydrogens is 316 g/mol. The van der Waals surface area contributed by atoms with Crippen LogP contribution in [0.5, 0.6) is 0 Å². The van der Waals surface area contributed by atoms with Crippen LogP contribution in [-0.2, 0) is 19.1 Å². The maximum atomic E-state index is 13.2. The van der Waals surface area contributed by atoms with Crippen molar-refractivity contribution < 1.29 is 19.1 Å². The third kappa shape index (κ3) is 2.43. The monoisotopic (exact) mass is 346 g/mol. The van der Waals surface area contributed by atoms with E-state index in [4.69, 9.17) is 4.74 Å². The van der Waals surface area contributed by atoms with E-state index in [0.717, 1.165) is 38.5 Å². The summed E-state index contributed by atoms with van der Waals surface area (Å²) in [6.07, 6.45) is 6.97. The van der Waals surface area contributed by atoms with Gasteiger partial charge in [-0.3, -0.25) is 14.4 Å². The Labute approximate surface area is 150 Å². The van der Waals surface area contributed by atoms with Crippen LogP contribution in [0.15, 0.2) is 0 Å². The molecule has 4 heteroatoms. The minimum atomic E-state index is -0.392. The van der Waals surface area contributed by atoms with Crippen LogP contribution in [0.1, 0.15) is 72.1 Å². The largest absolute Gasteiger partial charge is 0.463 e. The van der Waals surface area contributed by atoms with Gasteiger partial charge in [0.2, 0.25) is 0 Å². The number of hydrogen-bond donors (Lipinski definition) is 0. The van der Waals surface area contributed by atoms with Gasteiger partial charge in [0, 0.05) is 31.1 Å². The normalized spacial score (nSPS) is 49.2. The van der Waals surface area contributed by atoms with Crippen LogP contribution in [-0.4, -0.2) is 23.6 Å². The van der Waals surface area contributed by atoms with Crippen molar-refractivity contribution in [3.8, 4) is 0 Å². The predicted molar refractivity (Wildman–Crippen MR) is 92.7 cm³/mol. The maximum absolute atomic E-state index is 13.2. The molecule has 0 radical (unpaired) electrons. The number of rotatable bonds is 1. The van der Waals surface area contributed by atoms with E-state index >= 15 is 0 Å². The first-order valence-electron chi connectivity index (χ1n) is 9.99.